The molecule has 82 valence electrons. The number of nitrogens with two attached hydrogens (primary N) is 1. The summed E-state index contributed by atoms with van der Waals surface area (Å²) in [6.07, 6.45) is 1.07. The first-order valence-electron chi connectivity index (χ1n) is 5.25. The highest BCUT2D eigenvalue weighted by molar-refractivity contribution is 5.80. The van der Waals surface area contributed by atoms with Gasteiger partial charge in [0.15, 0.2) is 0 Å². The van der Waals surface area contributed by atoms with Crippen molar-refractivity contribution in [3.8, 4) is 0 Å². The van der Waals surface area contributed by atoms with Crippen molar-refractivity contribution in [2.45, 2.75) is 32.4 Å². The standard InChI is InChI=1S/C10H21N3O/c1-7-4-9(11)6-13(5-7)8(2)10(14)12-3/h7-9H,4-6,11H2,1-3H3,(H,12,14). The van der Waals surface area contributed by atoms with Crippen LogP contribution in [0.15, 0.2) is 0 Å². The number of piperidine rings is 1. The molecule has 14 heavy (non-hydrogen) atoms. The Labute approximate surface area is 85.8 Å². The number of hydrogen-bond donors (Lipinski definition) is 2. The van der Waals surface area contributed by atoms with E-state index in [9.17, 15) is 4.79 Å². The summed E-state index contributed by atoms with van der Waals surface area (Å²) in [5, 5.41) is 2.67. The van der Waals surface area contributed by atoms with Gasteiger partial charge in [0.05, 0.1) is 6.04 Å². The smallest absolute Gasteiger partial charge is 0.236 e. The van der Waals surface area contributed by atoms with Crippen LogP contribution in [0, 0.1) is 5.92 Å². The van der Waals surface area contributed by atoms with Crippen molar-refractivity contribution in [1.82, 2.24) is 10.2 Å². The third-order valence-corrected chi connectivity index (χ3v) is 2.89. The maximum Gasteiger partial charge on any atom is 0.236 e. The molecule has 1 aliphatic heterocycles. The van der Waals surface area contributed by atoms with Gasteiger partial charge in [-0.1, -0.05) is 6.92 Å². The van der Waals surface area contributed by atoms with Crippen LogP contribution >= 0.6 is 0 Å². The van der Waals surface area contributed by atoms with Crippen molar-refractivity contribution in [1.29, 1.82) is 0 Å². The Hall–Kier alpha value is -0.610. The lowest BCUT2D eigenvalue weighted by atomic mass is 9.95. The fourth-order valence-electron chi connectivity index (χ4n) is 2.13. The first kappa shape index (κ1) is 11.5. The number of likely N-dealkylation sites (tertiary alicyclic amines) is 1. The van der Waals surface area contributed by atoms with E-state index in [1.807, 2.05) is 6.92 Å². The molecule has 1 fully saturated rings. The molecular weight excluding hydrogens is 178 g/mol. The van der Waals surface area contributed by atoms with Crippen molar-refractivity contribution in [3.05, 3.63) is 0 Å². The van der Waals surface area contributed by atoms with Gasteiger partial charge in [-0.25, -0.2) is 0 Å². The Bertz CT molecular complexity index is 198. The van der Waals surface area contributed by atoms with Gasteiger partial charge in [-0.05, 0) is 19.3 Å². The molecule has 1 rings (SSSR count). The maximum absolute atomic E-state index is 11.4. The van der Waals surface area contributed by atoms with Gasteiger partial charge < -0.3 is 11.1 Å². The molecule has 0 spiro atoms. The number of amides is 1. The van der Waals surface area contributed by atoms with Crippen molar-refractivity contribution in [3.63, 3.8) is 0 Å². The van der Waals surface area contributed by atoms with E-state index < -0.39 is 0 Å². The van der Waals surface area contributed by atoms with Crippen molar-refractivity contribution < 1.29 is 4.79 Å². The summed E-state index contributed by atoms with van der Waals surface area (Å²) >= 11 is 0. The van der Waals surface area contributed by atoms with Crippen LogP contribution < -0.4 is 11.1 Å². The Balaban J connectivity index is 2.54. The molecule has 1 saturated heterocycles. The molecule has 3 N–H and O–H groups in total. The molecule has 0 aromatic carbocycles. The van der Waals surface area contributed by atoms with Crippen LogP contribution in [0.25, 0.3) is 0 Å². The SMILES string of the molecule is CNC(=O)C(C)N1CC(C)CC(N)C1. The minimum atomic E-state index is -0.0613. The first-order valence-corrected chi connectivity index (χ1v) is 5.25. The number of carbonyl (C=O) groups is 1. The number of hydrogen-bond acceptors (Lipinski definition) is 3. The zero-order valence-electron chi connectivity index (χ0n) is 9.29. The second kappa shape index (κ2) is 4.75. The largest absolute Gasteiger partial charge is 0.358 e. The fourth-order valence-corrected chi connectivity index (χ4v) is 2.13. The number of likely N-dealkylation sites (N-methyl/N-ethyl adjacent to an activating group) is 1. The van der Waals surface area contributed by atoms with Gasteiger partial charge in [0.2, 0.25) is 5.91 Å². The van der Waals surface area contributed by atoms with Crippen LogP contribution in [0.4, 0.5) is 0 Å². The zero-order valence-corrected chi connectivity index (χ0v) is 9.29. The summed E-state index contributed by atoms with van der Waals surface area (Å²) in [6.45, 7) is 5.92. The van der Waals surface area contributed by atoms with Crippen LogP contribution in [0.1, 0.15) is 20.3 Å². The average Bonchev–Trinajstić information content (AvgIpc) is 2.14. The molecular formula is C10H21N3O. The van der Waals surface area contributed by atoms with Crippen molar-refractivity contribution >= 4 is 5.91 Å². The van der Waals surface area contributed by atoms with Crippen LogP contribution in [0.3, 0.4) is 0 Å². The Morgan fingerprint density at radius 1 is 1.57 bits per heavy atom. The Morgan fingerprint density at radius 3 is 2.71 bits per heavy atom. The summed E-state index contributed by atoms with van der Waals surface area (Å²) < 4.78 is 0. The quantitative estimate of drug-likeness (QED) is 0.647. The number of rotatable bonds is 2. The molecule has 3 atom stereocenters. The highest BCUT2D eigenvalue weighted by atomic mass is 16.2. The van der Waals surface area contributed by atoms with Gasteiger partial charge in [0.25, 0.3) is 0 Å². The lowest BCUT2D eigenvalue weighted by Crippen LogP contribution is -2.53. The molecule has 0 aromatic heterocycles. The van der Waals surface area contributed by atoms with E-state index in [1.54, 1.807) is 7.05 Å². The summed E-state index contributed by atoms with van der Waals surface area (Å²) in [5.74, 6) is 0.664. The van der Waals surface area contributed by atoms with Gasteiger partial charge in [-0.15, -0.1) is 0 Å². The van der Waals surface area contributed by atoms with Gasteiger partial charge in [0, 0.05) is 26.2 Å². The predicted molar refractivity (Wildman–Crippen MR) is 56.9 cm³/mol. The average molecular weight is 199 g/mol. The van der Waals surface area contributed by atoms with Crippen molar-refractivity contribution in [2.75, 3.05) is 20.1 Å². The van der Waals surface area contributed by atoms with E-state index in [-0.39, 0.29) is 18.0 Å². The molecule has 0 aliphatic carbocycles. The fraction of sp³-hybridized carbons (Fsp3) is 0.900. The summed E-state index contributed by atoms with van der Waals surface area (Å²) in [4.78, 5) is 13.6. The van der Waals surface area contributed by atoms with Gasteiger partial charge in [-0.3, -0.25) is 9.69 Å². The minimum absolute atomic E-state index is 0.0613. The van der Waals surface area contributed by atoms with Crippen LogP contribution in [0.2, 0.25) is 0 Å². The van der Waals surface area contributed by atoms with E-state index >= 15 is 0 Å². The number of nitrogens with one attached hydrogen (secondary N) is 1. The second-order valence-electron chi connectivity index (χ2n) is 4.35. The summed E-state index contributed by atoms with van der Waals surface area (Å²) in [5.41, 5.74) is 5.92. The lowest BCUT2D eigenvalue weighted by molar-refractivity contribution is -0.126. The summed E-state index contributed by atoms with van der Waals surface area (Å²) in [6, 6.07) is 0.152. The van der Waals surface area contributed by atoms with E-state index in [4.69, 9.17) is 5.73 Å². The monoisotopic (exact) mass is 199 g/mol. The molecule has 0 saturated carbocycles. The van der Waals surface area contributed by atoms with Crippen LogP contribution in [-0.4, -0.2) is 43.0 Å². The minimum Gasteiger partial charge on any atom is -0.358 e. The third-order valence-electron chi connectivity index (χ3n) is 2.89. The molecule has 1 heterocycles. The van der Waals surface area contributed by atoms with Crippen LogP contribution in [0.5, 0.6) is 0 Å². The Kier molecular flexibility index (Phi) is 3.89. The second-order valence-corrected chi connectivity index (χ2v) is 4.35. The topological polar surface area (TPSA) is 58.4 Å². The van der Waals surface area contributed by atoms with E-state index in [0.29, 0.717) is 5.92 Å². The van der Waals surface area contributed by atoms with E-state index in [1.165, 1.54) is 0 Å². The molecule has 1 aliphatic rings. The van der Waals surface area contributed by atoms with Crippen LogP contribution in [-0.2, 0) is 4.79 Å². The number of carbonyl (C=O) groups excluding carboxylic acids is 1. The van der Waals surface area contributed by atoms with Gasteiger partial charge in [0.1, 0.15) is 0 Å². The first-order chi connectivity index (χ1) is 6.54. The maximum atomic E-state index is 11.4. The third kappa shape index (κ3) is 2.69. The molecule has 3 unspecified atom stereocenters. The normalized spacial score (nSPS) is 31.1. The predicted octanol–water partition coefficient (Wildman–Crippen LogP) is -0.210. The Morgan fingerprint density at radius 2 is 2.21 bits per heavy atom. The molecule has 0 bridgehead atoms. The molecule has 0 radical (unpaired) electrons. The van der Waals surface area contributed by atoms with Gasteiger partial charge in [-0.2, -0.15) is 0 Å². The highest BCUT2D eigenvalue weighted by Crippen LogP contribution is 2.17. The van der Waals surface area contributed by atoms with E-state index in [2.05, 4.69) is 17.1 Å². The zero-order chi connectivity index (χ0) is 10.7. The summed E-state index contributed by atoms with van der Waals surface area (Å²) in [7, 11) is 1.67. The molecule has 4 heteroatoms. The molecule has 4 nitrogen and oxygen atoms in total. The highest BCUT2D eigenvalue weighted by Gasteiger charge is 2.28. The molecule has 1 amide bonds. The van der Waals surface area contributed by atoms with E-state index in [0.717, 1.165) is 19.5 Å². The number of nitrogens with zero attached hydrogens (tertiary/aromatic N) is 1. The van der Waals surface area contributed by atoms with Gasteiger partial charge >= 0.3 is 0 Å². The van der Waals surface area contributed by atoms with Crippen molar-refractivity contribution in [2.24, 2.45) is 11.7 Å². The molecule has 0 aromatic rings. The lowest BCUT2D eigenvalue weighted by Gasteiger charge is -2.37.